The number of H-pyrrole nitrogens is 1. The average Bonchev–Trinajstić information content (AvgIpc) is 3.80. The van der Waals surface area contributed by atoms with Gasteiger partial charge < -0.3 is 30.2 Å². The molecule has 3 fully saturated rings. The maximum absolute atomic E-state index is 14.0. The quantitative estimate of drug-likeness (QED) is 0.382. The first-order chi connectivity index (χ1) is 20.5. The van der Waals surface area contributed by atoms with E-state index < -0.39 is 12.1 Å². The molecule has 10 nitrogen and oxygen atoms in total. The van der Waals surface area contributed by atoms with Crippen LogP contribution in [0.15, 0.2) is 48.8 Å². The van der Waals surface area contributed by atoms with Gasteiger partial charge in [-0.3, -0.25) is 19.4 Å². The summed E-state index contributed by atoms with van der Waals surface area (Å²) in [5.74, 6) is 0.727. The molecule has 222 valence electrons. The van der Waals surface area contributed by atoms with E-state index in [0.717, 1.165) is 66.7 Å². The Morgan fingerprint density at radius 3 is 2.64 bits per heavy atom. The number of hydrogen-bond acceptors (Lipinski definition) is 6. The van der Waals surface area contributed by atoms with Crippen LogP contribution in [-0.4, -0.2) is 82.9 Å². The Balaban J connectivity index is 1.15. The number of carbonyl (C=O) groups is 3. The summed E-state index contributed by atoms with van der Waals surface area (Å²) in [4.78, 5) is 52.0. The van der Waals surface area contributed by atoms with Crippen LogP contribution in [0, 0.1) is 11.8 Å². The number of methoxy groups -OCH3 is 1. The number of benzene rings is 1. The molecule has 0 unspecified atom stereocenters. The van der Waals surface area contributed by atoms with Gasteiger partial charge in [-0.05, 0) is 80.8 Å². The molecule has 0 saturated carbocycles. The van der Waals surface area contributed by atoms with Gasteiger partial charge in [0.2, 0.25) is 17.7 Å². The summed E-state index contributed by atoms with van der Waals surface area (Å²) in [7, 11) is 1.65. The van der Waals surface area contributed by atoms with Crippen LogP contribution in [0.4, 0.5) is 0 Å². The van der Waals surface area contributed by atoms with Crippen molar-refractivity contribution in [2.45, 2.75) is 57.2 Å². The molecule has 3 N–H and O–H groups in total. The van der Waals surface area contributed by atoms with Gasteiger partial charge in [0, 0.05) is 54.5 Å². The van der Waals surface area contributed by atoms with Gasteiger partial charge in [0.05, 0.1) is 19.7 Å². The molecule has 0 aliphatic carbocycles. The number of ether oxygens (including phenoxy) is 1. The Bertz CT molecular complexity index is 1380. The van der Waals surface area contributed by atoms with Gasteiger partial charge in [-0.15, -0.1) is 0 Å². The topological polar surface area (TPSA) is 120 Å². The molecule has 10 heteroatoms. The van der Waals surface area contributed by atoms with E-state index in [4.69, 9.17) is 4.74 Å². The first-order valence-electron chi connectivity index (χ1n) is 15.1. The third kappa shape index (κ3) is 6.13. The van der Waals surface area contributed by atoms with Crippen molar-refractivity contribution >= 4 is 28.6 Å². The maximum atomic E-state index is 14.0. The van der Waals surface area contributed by atoms with Crippen LogP contribution in [0.3, 0.4) is 0 Å². The Morgan fingerprint density at radius 2 is 1.88 bits per heavy atom. The monoisotopic (exact) mass is 572 g/mol. The van der Waals surface area contributed by atoms with Crippen LogP contribution in [-0.2, 0) is 27.3 Å². The lowest BCUT2D eigenvalue weighted by Crippen LogP contribution is -2.55. The number of nitrogens with one attached hydrogen (secondary N) is 3. The zero-order chi connectivity index (χ0) is 29.1. The molecule has 0 radical (unpaired) electrons. The van der Waals surface area contributed by atoms with Crippen molar-refractivity contribution in [2.24, 2.45) is 11.8 Å². The minimum Gasteiger partial charge on any atom is -0.497 e. The van der Waals surface area contributed by atoms with Crippen molar-refractivity contribution in [1.29, 1.82) is 0 Å². The molecule has 3 saturated heterocycles. The van der Waals surface area contributed by atoms with E-state index in [-0.39, 0.29) is 29.6 Å². The number of amides is 3. The van der Waals surface area contributed by atoms with Crippen molar-refractivity contribution in [1.82, 2.24) is 30.4 Å². The summed E-state index contributed by atoms with van der Waals surface area (Å²) >= 11 is 0. The second-order valence-corrected chi connectivity index (χ2v) is 11.9. The van der Waals surface area contributed by atoms with E-state index in [1.54, 1.807) is 24.4 Å². The number of likely N-dealkylation sites (tertiary alicyclic amines) is 2. The van der Waals surface area contributed by atoms with Crippen LogP contribution in [0.2, 0.25) is 0 Å². The summed E-state index contributed by atoms with van der Waals surface area (Å²) in [6, 6.07) is 10.8. The molecule has 5 heterocycles. The molecule has 0 bridgehead atoms. The van der Waals surface area contributed by atoms with Gasteiger partial charge in [0.15, 0.2) is 0 Å². The highest BCUT2D eigenvalue weighted by atomic mass is 16.5. The van der Waals surface area contributed by atoms with Gasteiger partial charge >= 0.3 is 0 Å². The molecule has 3 aliphatic heterocycles. The number of hydrogen-bond donors (Lipinski definition) is 3. The maximum Gasteiger partial charge on any atom is 0.243 e. The van der Waals surface area contributed by atoms with Crippen molar-refractivity contribution in [2.75, 3.05) is 33.3 Å². The summed E-state index contributed by atoms with van der Waals surface area (Å²) < 4.78 is 5.30. The largest absolute Gasteiger partial charge is 0.497 e. The van der Waals surface area contributed by atoms with Gasteiger partial charge in [-0.2, -0.15) is 0 Å². The van der Waals surface area contributed by atoms with E-state index in [0.29, 0.717) is 32.5 Å². The minimum absolute atomic E-state index is 0.0806. The molecular formula is C32H40N6O4. The van der Waals surface area contributed by atoms with Crippen LogP contribution in [0.25, 0.3) is 10.9 Å². The van der Waals surface area contributed by atoms with E-state index >= 15 is 0 Å². The summed E-state index contributed by atoms with van der Waals surface area (Å²) in [6.45, 7) is 3.09. The molecular weight excluding hydrogens is 532 g/mol. The number of aromatic nitrogens is 2. The highest BCUT2D eigenvalue weighted by molar-refractivity contribution is 5.91. The highest BCUT2D eigenvalue weighted by Gasteiger charge is 2.43. The molecule has 1 aromatic carbocycles. The summed E-state index contributed by atoms with van der Waals surface area (Å²) in [5, 5.41) is 7.42. The molecule has 42 heavy (non-hydrogen) atoms. The van der Waals surface area contributed by atoms with Crippen molar-refractivity contribution in [3.8, 4) is 5.75 Å². The van der Waals surface area contributed by atoms with Gasteiger partial charge in [0.25, 0.3) is 0 Å². The van der Waals surface area contributed by atoms with Gasteiger partial charge in [-0.1, -0.05) is 12.1 Å². The molecule has 3 aromatic rings. The smallest absolute Gasteiger partial charge is 0.243 e. The number of fused-ring (bicyclic) bond motifs is 1. The number of rotatable bonds is 8. The first-order valence-corrected chi connectivity index (χ1v) is 15.1. The molecule has 0 spiro atoms. The van der Waals surface area contributed by atoms with Gasteiger partial charge in [0.1, 0.15) is 11.8 Å². The van der Waals surface area contributed by atoms with Crippen LogP contribution in [0.5, 0.6) is 5.75 Å². The molecule has 2 aromatic heterocycles. The third-order valence-corrected chi connectivity index (χ3v) is 9.06. The molecule has 6 rings (SSSR count). The predicted molar refractivity (Wildman–Crippen MR) is 159 cm³/mol. The number of nitrogens with zero attached hydrogens (tertiary/aromatic N) is 3. The zero-order valence-corrected chi connectivity index (χ0v) is 24.2. The molecule has 3 aliphatic rings. The fraction of sp³-hybridized carbons (Fsp3) is 0.500. The highest BCUT2D eigenvalue weighted by Crippen LogP contribution is 2.30. The van der Waals surface area contributed by atoms with E-state index in [9.17, 15) is 14.4 Å². The Labute approximate surface area is 246 Å². The zero-order valence-electron chi connectivity index (χ0n) is 24.2. The predicted octanol–water partition coefficient (Wildman–Crippen LogP) is 2.64. The number of aromatic amines is 1. The molecule has 3 amide bonds. The third-order valence-electron chi connectivity index (χ3n) is 9.06. The van der Waals surface area contributed by atoms with Crippen LogP contribution in [0.1, 0.15) is 43.4 Å². The fourth-order valence-corrected chi connectivity index (χ4v) is 6.81. The second kappa shape index (κ2) is 12.5. The standard InChI is InChI=1S/C32H40N6O4/c1-42-26-6-4-21(5-7-26)14-22-15-29(30(39)35-19-25-16-24-18-33-10-9-27(24)36-25)38(20-22)32(41)28-17-23(8-11-34-28)31(40)37-12-2-3-13-37/h4-7,9-10,16,18,22-23,28-29,34,36H,2-3,8,11-15,17,19-20H2,1H3,(H,35,39)/t22-,23+,28-,29+/m1/s1. The Morgan fingerprint density at radius 1 is 1.07 bits per heavy atom. The van der Waals surface area contributed by atoms with E-state index in [1.165, 1.54) is 0 Å². The van der Waals surface area contributed by atoms with E-state index in [2.05, 4.69) is 20.6 Å². The fourth-order valence-electron chi connectivity index (χ4n) is 6.81. The average molecular weight is 573 g/mol. The van der Waals surface area contributed by atoms with Gasteiger partial charge in [-0.25, -0.2) is 0 Å². The SMILES string of the molecule is COc1ccc(C[C@@H]2C[C@@H](C(=O)NCc3cc4cnccc4[nH]3)N(C(=O)[C@H]3C[C@@H](C(=O)N4CCCC4)CCN3)C2)cc1. The summed E-state index contributed by atoms with van der Waals surface area (Å²) in [6.07, 6.45) is 8.19. The lowest BCUT2D eigenvalue weighted by atomic mass is 9.90. The van der Waals surface area contributed by atoms with E-state index in [1.807, 2.05) is 41.3 Å². The normalized spacial score (nSPS) is 24.2. The molecule has 4 atom stereocenters. The van der Waals surface area contributed by atoms with Crippen LogP contribution < -0.4 is 15.4 Å². The Hall–Kier alpha value is -3.92. The second-order valence-electron chi connectivity index (χ2n) is 11.9. The van der Waals surface area contributed by atoms with Crippen molar-refractivity contribution < 1.29 is 19.1 Å². The Kier molecular flexibility index (Phi) is 8.41. The number of carbonyl (C=O) groups excluding carboxylic acids is 3. The lowest BCUT2D eigenvalue weighted by molar-refractivity contribution is -0.142. The van der Waals surface area contributed by atoms with Crippen molar-refractivity contribution in [3.63, 3.8) is 0 Å². The summed E-state index contributed by atoms with van der Waals surface area (Å²) in [5.41, 5.74) is 3.00. The number of pyridine rings is 1. The van der Waals surface area contributed by atoms with Crippen molar-refractivity contribution in [3.05, 3.63) is 60.0 Å². The lowest BCUT2D eigenvalue weighted by Gasteiger charge is -2.34. The van der Waals surface area contributed by atoms with Crippen LogP contribution >= 0.6 is 0 Å². The minimum atomic E-state index is -0.566. The number of piperidine rings is 1. The first kappa shape index (κ1) is 28.2.